The zero-order valence-electron chi connectivity index (χ0n) is 11.1. The molecule has 2 rings (SSSR count). The summed E-state index contributed by atoms with van der Waals surface area (Å²) in [6.45, 7) is 2.29. The first-order valence-electron chi connectivity index (χ1n) is 6.12. The minimum Gasteiger partial charge on any atom is -0.493 e. The average molecular weight is 292 g/mol. The molecule has 0 aliphatic carbocycles. The maximum absolute atomic E-state index is 11.2. The molecule has 0 radical (unpaired) electrons. The predicted octanol–water partition coefficient (Wildman–Crippen LogP) is 1.66. The van der Waals surface area contributed by atoms with Gasteiger partial charge in [-0.05, 0) is 42.3 Å². The summed E-state index contributed by atoms with van der Waals surface area (Å²) in [5, 5.41) is 5.08. The molecule has 6 heteroatoms. The van der Waals surface area contributed by atoms with Gasteiger partial charge in [-0.2, -0.15) is 0 Å². The van der Waals surface area contributed by atoms with Gasteiger partial charge in [-0.1, -0.05) is 6.07 Å². The van der Waals surface area contributed by atoms with Crippen LogP contribution in [0, 0.1) is 6.92 Å². The van der Waals surface area contributed by atoms with Crippen molar-refractivity contribution in [1.82, 2.24) is 4.98 Å². The van der Waals surface area contributed by atoms with Crippen LogP contribution in [-0.4, -0.2) is 20.0 Å². The van der Waals surface area contributed by atoms with Crippen LogP contribution in [0.25, 0.3) is 0 Å². The van der Waals surface area contributed by atoms with Crippen molar-refractivity contribution in [2.24, 2.45) is 5.14 Å². The molecule has 0 atom stereocenters. The SMILES string of the molecule is Cc1cc(S(N)(=O)=O)ccc1OCCc1cccnc1. The first-order valence-corrected chi connectivity index (χ1v) is 7.66. The molecule has 1 aromatic carbocycles. The molecule has 0 unspecified atom stereocenters. The summed E-state index contributed by atoms with van der Waals surface area (Å²) >= 11 is 0. The van der Waals surface area contributed by atoms with E-state index in [1.165, 1.54) is 12.1 Å². The third-order valence-corrected chi connectivity index (χ3v) is 3.76. The van der Waals surface area contributed by atoms with Crippen molar-refractivity contribution in [2.45, 2.75) is 18.2 Å². The molecule has 0 aliphatic heterocycles. The Hall–Kier alpha value is -1.92. The number of aryl methyl sites for hydroxylation is 1. The number of aromatic nitrogens is 1. The molecule has 1 aromatic heterocycles. The highest BCUT2D eigenvalue weighted by atomic mass is 32.2. The highest BCUT2D eigenvalue weighted by molar-refractivity contribution is 7.89. The highest BCUT2D eigenvalue weighted by Crippen LogP contribution is 2.21. The maximum Gasteiger partial charge on any atom is 0.238 e. The van der Waals surface area contributed by atoms with Crippen molar-refractivity contribution >= 4 is 10.0 Å². The van der Waals surface area contributed by atoms with Gasteiger partial charge in [-0.25, -0.2) is 13.6 Å². The van der Waals surface area contributed by atoms with Gasteiger partial charge in [0.1, 0.15) is 5.75 Å². The van der Waals surface area contributed by atoms with Crippen LogP contribution in [0.3, 0.4) is 0 Å². The zero-order chi connectivity index (χ0) is 14.6. The van der Waals surface area contributed by atoms with Crippen molar-refractivity contribution in [3.63, 3.8) is 0 Å². The molecule has 106 valence electrons. The Labute approximate surface area is 118 Å². The monoisotopic (exact) mass is 292 g/mol. The van der Waals surface area contributed by atoms with Crippen LogP contribution in [0.15, 0.2) is 47.6 Å². The van der Waals surface area contributed by atoms with Crippen molar-refractivity contribution in [1.29, 1.82) is 0 Å². The fourth-order valence-corrected chi connectivity index (χ4v) is 2.38. The Bertz CT molecular complexity index is 685. The van der Waals surface area contributed by atoms with Gasteiger partial charge in [0.05, 0.1) is 11.5 Å². The minimum atomic E-state index is -3.67. The molecule has 0 amide bonds. The zero-order valence-corrected chi connectivity index (χ0v) is 11.9. The molecule has 20 heavy (non-hydrogen) atoms. The second-order valence-corrected chi connectivity index (χ2v) is 5.99. The summed E-state index contributed by atoms with van der Waals surface area (Å²) in [7, 11) is -3.67. The van der Waals surface area contributed by atoms with Gasteiger partial charge in [-0.3, -0.25) is 4.98 Å². The number of pyridine rings is 1. The van der Waals surface area contributed by atoms with E-state index in [1.54, 1.807) is 25.4 Å². The largest absolute Gasteiger partial charge is 0.493 e. The summed E-state index contributed by atoms with van der Waals surface area (Å²) < 4.78 is 28.1. The molecular weight excluding hydrogens is 276 g/mol. The molecule has 2 N–H and O–H groups in total. The van der Waals surface area contributed by atoms with Gasteiger partial charge in [0.25, 0.3) is 0 Å². The molecule has 5 nitrogen and oxygen atoms in total. The van der Waals surface area contributed by atoms with E-state index >= 15 is 0 Å². The predicted molar refractivity (Wildman–Crippen MR) is 76.0 cm³/mol. The summed E-state index contributed by atoms with van der Waals surface area (Å²) in [5.41, 5.74) is 1.83. The maximum atomic E-state index is 11.2. The van der Waals surface area contributed by atoms with Gasteiger partial charge in [0.15, 0.2) is 0 Å². The summed E-state index contributed by atoms with van der Waals surface area (Å²) in [5.74, 6) is 0.654. The second-order valence-electron chi connectivity index (χ2n) is 4.43. The van der Waals surface area contributed by atoms with Crippen LogP contribution < -0.4 is 9.88 Å². The molecule has 2 aromatic rings. The van der Waals surface area contributed by atoms with Gasteiger partial charge >= 0.3 is 0 Å². The van der Waals surface area contributed by atoms with Gasteiger partial charge in [0, 0.05) is 18.8 Å². The fraction of sp³-hybridized carbons (Fsp3) is 0.214. The van der Waals surface area contributed by atoms with E-state index < -0.39 is 10.0 Å². The van der Waals surface area contributed by atoms with Crippen LogP contribution in [0.5, 0.6) is 5.75 Å². The first kappa shape index (κ1) is 14.5. The van der Waals surface area contributed by atoms with E-state index in [4.69, 9.17) is 9.88 Å². The second kappa shape index (κ2) is 6.02. The van der Waals surface area contributed by atoms with Crippen molar-refractivity contribution in [3.05, 3.63) is 53.9 Å². The Morgan fingerprint density at radius 2 is 2.10 bits per heavy atom. The summed E-state index contributed by atoms with van der Waals surface area (Å²) in [6, 6.07) is 8.43. The lowest BCUT2D eigenvalue weighted by molar-refractivity contribution is 0.319. The lowest BCUT2D eigenvalue weighted by Crippen LogP contribution is -2.12. The van der Waals surface area contributed by atoms with E-state index in [1.807, 2.05) is 12.1 Å². The van der Waals surface area contributed by atoms with E-state index in [9.17, 15) is 8.42 Å². The minimum absolute atomic E-state index is 0.0922. The van der Waals surface area contributed by atoms with E-state index in [0.717, 1.165) is 17.5 Å². The first-order chi connectivity index (χ1) is 9.47. The molecule has 0 saturated carbocycles. The molecule has 0 aliphatic rings. The van der Waals surface area contributed by atoms with Gasteiger partial charge in [0.2, 0.25) is 10.0 Å². The van der Waals surface area contributed by atoms with Crippen LogP contribution >= 0.6 is 0 Å². The molecule has 0 saturated heterocycles. The van der Waals surface area contributed by atoms with Gasteiger partial charge in [-0.15, -0.1) is 0 Å². The lowest BCUT2D eigenvalue weighted by atomic mass is 10.2. The normalized spacial score (nSPS) is 11.3. The smallest absolute Gasteiger partial charge is 0.238 e. The lowest BCUT2D eigenvalue weighted by Gasteiger charge is -2.10. The van der Waals surface area contributed by atoms with Crippen LogP contribution in [0.2, 0.25) is 0 Å². The van der Waals surface area contributed by atoms with E-state index in [2.05, 4.69) is 4.98 Å². The molecule has 1 heterocycles. The highest BCUT2D eigenvalue weighted by Gasteiger charge is 2.10. The van der Waals surface area contributed by atoms with E-state index in [0.29, 0.717) is 12.4 Å². The molecule has 0 bridgehead atoms. The molecule has 0 fully saturated rings. The number of sulfonamides is 1. The van der Waals surface area contributed by atoms with Crippen molar-refractivity contribution in [3.8, 4) is 5.75 Å². The standard InChI is InChI=1S/C14H16N2O3S/c1-11-9-13(20(15,17)18)4-5-14(11)19-8-6-12-3-2-7-16-10-12/h2-5,7,9-10H,6,8H2,1H3,(H2,15,17,18). The molecular formula is C14H16N2O3S. The quantitative estimate of drug-likeness (QED) is 0.908. The summed E-state index contributed by atoms with van der Waals surface area (Å²) in [4.78, 5) is 4.12. The number of primary sulfonamides is 1. The van der Waals surface area contributed by atoms with Crippen LogP contribution in [-0.2, 0) is 16.4 Å². The Morgan fingerprint density at radius 3 is 2.70 bits per heavy atom. The Balaban J connectivity index is 2.00. The van der Waals surface area contributed by atoms with Crippen molar-refractivity contribution in [2.75, 3.05) is 6.61 Å². The third kappa shape index (κ3) is 3.79. The van der Waals surface area contributed by atoms with E-state index in [-0.39, 0.29) is 4.90 Å². The molecule has 0 spiro atoms. The van der Waals surface area contributed by atoms with Crippen LogP contribution in [0.4, 0.5) is 0 Å². The average Bonchev–Trinajstić information content (AvgIpc) is 2.40. The number of hydrogen-bond acceptors (Lipinski definition) is 4. The topological polar surface area (TPSA) is 82.3 Å². The number of ether oxygens (including phenoxy) is 1. The van der Waals surface area contributed by atoms with Crippen molar-refractivity contribution < 1.29 is 13.2 Å². The third-order valence-electron chi connectivity index (χ3n) is 2.85. The van der Waals surface area contributed by atoms with Gasteiger partial charge < -0.3 is 4.74 Å². The number of nitrogens with two attached hydrogens (primary N) is 1. The number of rotatable bonds is 5. The number of hydrogen-bond donors (Lipinski definition) is 1. The Kier molecular flexibility index (Phi) is 4.36. The fourth-order valence-electron chi connectivity index (χ4n) is 1.79. The van der Waals surface area contributed by atoms with Crippen LogP contribution in [0.1, 0.15) is 11.1 Å². The Morgan fingerprint density at radius 1 is 1.30 bits per heavy atom. The summed E-state index contributed by atoms with van der Waals surface area (Å²) in [6.07, 6.45) is 4.25. The number of benzene rings is 1. The number of nitrogens with zero attached hydrogens (tertiary/aromatic N) is 1.